The molecule has 0 saturated carbocycles. The highest BCUT2D eigenvalue weighted by atomic mass is 16.7. The Morgan fingerprint density at radius 3 is 1.88 bits per heavy atom. The van der Waals surface area contributed by atoms with Crippen molar-refractivity contribution in [3.63, 3.8) is 0 Å². The number of hydrogen-bond acceptors (Lipinski definition) is 9. The molecule has 12 nitrogen and oxygen atoms in total. The van der Waals surface area contributed by atoms with Crippen molar-refractivity contribution < 1.29 is 38.5 Å². The van der Waals surface area contributed by atoms with Gasteiger partial charge in [-0.15, -0.1) is 5.10 Å². The highest BCUT2D eigenvalue weighted by Crippen LogP contribution is 2.34. The summed E-state index contributed by atoms with van der Waals surface area (Å²) in [4.78, 5) is 52.6. The van der Waals surface area contributed by atoms with Crippen molar-refractivity contribution in [3.05, 3.63) is 83.9 Å². The standard InChI is InChI=1S/C22H18N4O8/c23-17(27)18-24-11-26(25-18)19-15(34-22(31)13-9-5-2-6-10-13)14(16(32-19)20(28)29)33-21(30)12-7-3-1-4-8-12/h1-11,14-16,19H,(H2,23,27)(H,28,29)/t14-,15+,16-,19+/m0/s1. The monoisotopic (exact) mass is 466 g/mol. The number of carbonyl (C=O) groups excluding carboxylic acids is 3. The van der Waals surface area contributed by atoms with Crippen LogP contribution in [0.1, 0.15) is 37.6 Å². The highest BCUT2D eigenvalue weighted by molar-refractivity contribution is 5.91. The second kappa shape index (κ2) is 9.50. The Labute approximate surface area is 191 Å². The minimum absolute atomic E-state index is 0.153. The first-order valence-electron chi connectivity index (χ1n) is 9.96. The van der Waals surface area contributed by atoms with Crippen LogP contribution in [0.15, 0.2) is 67.0 Å². The predicted octanol–water partition coefficient (Wildman–Crippen LogP) is 0.810. The topological polar surface area (TPSA) is 173 Å². The van der Waals surface area contributed by atoms with E-state index in [1.165, 1.54) is 24.3 Å². The number of amides is 1. The minimum atomic E-state index is -1.72. The molecule has 3 N–H and O–H groups in total. The summed E-state index contributed by atoms with van der Waals surface area (Å²) in [6, 6.07) is 15.8. The quantitative estimate of drug-likeness (QED) is 0.474. The summed E-state index contributed by atoms with van der Waals surface area (Å²) in [6.45, 7) is 0. The van der Waals surface area contributed by atoms with Crippen LogP contribution in [-0.4, -0.2) is 62.0 Å². The van der Waals surface area contributed by atoms with Gasteiger partial charge in [0.25, 0.3) is 5.91 Å². The number of hydrogen-bond donors (Lipinski definition) is 2. The summed E-state index contributed by atoms with van der Waals surface area (Å²) in [7, 11) is 0. The van der Waals surface area contributed by atoms with E-state index in [1.807, 2.05) is 0 Å². The summed E-state index contributed by atoms with van der Waals surface area (Å²) >= 11 is 0. The van der Waals surface area contributed by atoms with Gasteiger partial charge in [-0.1, -0.05) is 36.4 Å². The molecule has 0 aliphatic carbocycles. The third kappa shape index (κ3) is 4.61. The smallest absolute Gasteiger partial charge is 0.338 e. The Bertz CT molecular complexity index is 1210. The largest absolute Gasteiger partial charge is 0.479 e. The van der Waals surface area contributed by atoms with Crippen LogP contribution >= 0.6 is 0 Å². The fourth-order valence-electron chi connectivity index (χ4n) is 3.35. The Morgan fingerprint density at radius 2 is 1.41 bits per heavy atom. The summed E-state index contributed by atoms with van der Waals surface area (Å²) in [5, 5.41) is 13.6. The molecular formula is C22H18N4O8. The van der Waals surface area contributed by atoms with Crippen LogP contribution in [0.4, 0.5) is 0 Å². The van der Waals surface area contributed by atoms with Gasteiger partial charge in [0.15, 0.2) is 24.5 Å². The zero-order valence-corrected chi connectivity index (χ0v) is 17.4. The van der Waals surface area contributed by atoms with E-state index in [9.17, 15) is 24.3 Å². The molecule has 4 atom stereocenters. The number of nitrogens with zero attached hydrogens (tertiary/aromatic N) is 3. The van der Waals surface area contributed by atoms with Crippen LogP contribution in [-0.2, 0) is 19.0 Å². The molecule has 12 heteroatoms. The number of benzene rings is 2. The summed E-state index contributed by atoms with van der Waals surface area (Å²) in [5.74, 6) is -4.44. The molecule has 1 aliphatic heterocycles. The predicted molar refractivity (Wildman–Crippen MR) is 111 cm³/mol. The number of aliphatic carboxylic acids is 1. The van der Waals surface area contributed by atoms with Crippen molar-refractivity contribution in [1.29, 1.82) is 0 Å². The van der Waals surface area contributed by atoms with Gasteiger partial charge in [0.05, 0.1) is 11.1 Å². The van der Waals surface area contributed by atoms with Gasteiger partial charge < -0.3 is 25.1 Å². The van der Waals surface area contributed by atoms with E-state index in [0.717, 1.165) is 11.0 Å². The van der Waals surface area contributed by atoms with E-state index in [4.69, 9.17) is 19.9 Å². The molecule has 34 heavy (non-hydrogen) atoms. The van der Waals surface area contributed by atoms with Crippen LogP contribution in [0.25, 0.3) is 0 Å². The van der Waals surface area contributed by atoms with Crippen LogP contribution in [0.2, 0.25) is 0 Å². The zero-order chi connectivity index (χ0) is 24.2. The number of carboxylic acid groups (broad SMARTS) is 1. The molecule has 0 bridgehead atoms. The number of carboxylic acids is 1. The van der Waals surface area contributed by atoms with E-state index in [2.05, 4.69) is 10.1 Å². The van der Waals surface area contributed by atoms with Gasteiger partial charge in [-0.2, -0.15) is 0 Å². The lowest BCUT2D eigenvalue weighted by atomic mass is 10.1. The molecule has 1 fully saturated rings. The minimum Gasteiger partial charge on any atom is -0.479 e. The van der Waals surface area contributed by atoms with Crippen molar-refractivity contribution in [3.8, 4) is 0 Å². The van der Waals surface area contributed by atoms with Crippen LogP contribution in [0.5, 0.6) is 0 Å². The van der Waals surface area contributed by atoms with Crippen LogP contribution in [0.3, 0.4) is 0 Å². The maximum atomic E-state index is 12.8. The van der Waals surface area contributed by atoms with E-state index >= 15 is 0 Å². The SMILES string of the molecule is NC(=O)c1ncn([C@@H]2O[C@H](C(=O)O)[C@@H](OC(=O)c3ccccc3)[C@H]2OC(=O)c2ccccc2)n1. The Morgan fingerprint density at radius 1 is 0.882 bits per heavy atom. The summed E-state index contributed by atoms with van der Waals surface area (Å²) in [6.07, 6.45) is -5.04. The molecule has 0 unspecified atom stereocenters. The summed E-state index contributed by atoms with van der Waals surface area (Å²) in [5.41, 5.74) is 5.51. The molecule has 4 rings (SSSR count). The Balaban J connectivity index is 1.69. The maximum Gasteiger partial charge on any atom is 0.338 e. The first-order chi connectivity index (χ1) is 16.3. The van der Waals surface area contributed by atoms with Crippen molar-refractivity contribution >= 4 is 23.8 Å². The fraction of sp³-hybridized carbons (Fsp3) is 0.182. The Kier molecular flexibility index (Phi) is 6.32. The third-order valence-electron chi connectivity index (χ3n) is 4.93. The fourth-order valence-corrected chi connectivity index (χ4v) is 3.35. The maximum absolute atomic E-state index is 12.8. The molecule has 1 aliphatic rings. The molecule has 1 saturated heterocycles. The summed E-state index contributed by atoms with van der Waals surface area (Å²) < 4.78 is 17.5. The number of ether oxygens (including phenoxy) is 3. The second-order valence-corrected chi connectivity index (χ2v) is 7.17. The van der Waals surface area contributed by atoms with Crippen molar-refractivity contribution in [2.24, 2.45) is 5.73 Å². The van der Waals surface area contributed by atoms with Crippen molar-refractivity contribution in [2.45, 2.75) is 24.5 Å². The lowest BCUT2D eigenvalue weighted by Gasteiger charge is -2.23. The number of rotatable bonds is 7. The lowest BCUT2D eigenvalue weighted by molar-refractivity contribution is -0.155. The Hall–Kier alpha value is -4.58. The first-order valence-corrected chi connectivity index (χ1v) is 9.96. The number of nitrogens with two attached hydrogens (primary N) is 1. The molecular weight excluding hydrogens is 448 g/mol. The van der Waals surface area contributed by atoms with Gasteiger partial charge in [-0.3, -0.25) is 4.79 Å². The van der Waals surface area contributed by atoms with Gasteiger partial charge >= 0.3 is 17.9 Å². The molecule has 2 aromatic carbocycles. The molecule has 2 heterocycles. The zero-order valence-electron chi connectivity index (χ0n) is 17.4. The average Bonchev–Trinajstić information content (AvgIpc) is 3.46. The van der Waals surface area contributed by atoms with E-state index < -0.39 is 48.4 Å². The molecule has 3 aromatic rings. The molecule has 1 amide bonds. The molecule has 1 aromatic heterocycles. The van der Waals surface area contributed by atoms with Crippen LogP contribution < -0.4 is 5.73 Å². The normalized spacial score (nSPS) is 21.5. The van der Waals surface area contributed by atoms with Gasteiger partial charge in [-0.25, -0.2) is 24.0 Å². The van der Waals surface area contributed by atoms with Gasteiger partial charge in [0.1, 0.15) is 6.33 Å². The lowest BCUT2D eigenvalue weighted by Crippen LogP contribution is -2.42. The number of aromatic nitrogens is 3. The first kappa shape index (κ1) is 22.6. The van der Waals surface area contributed by atoms with E-state index in [0.29, 0.717) is 0 Å². The third-order valence-corrected chi connectivity index (χ3v) is 4.93. The van der Waals surface area contributed by atoms with Gasteiger partial charge in [0, 0.05) is 0 Å². The number of esters is 2. The number of carbonyl (C=O) groups is 4. The molecule has 174 valence electrons. The average molecular weight is 466 g/mol. The van der Waals surface area contributed by atoms with Gasteiger partial charge in [-0.05, 0) is 24.3 Å². The molecule has 0 spiro atoms. The number of primary amides is 1. The molecule has 0 radical (unpaired) electrons. The van der Waals surface area contributed by atoms with E-state index in [-0.39, 0.29) is 17.0 Å². The van der Waals surface area contributed by atoms with Crippen molar-refractivity contribution in [2.75, 3.05) is 0 Å². The second-order valence-electron chi connectivity index (χ2n) is 7.17. The van der Waals surface area contributed by atoms with E-state index in [1.54, 1.807) is 36.4 Å². The van der Waals surface area contributed by atoms with Gasteiger partial charge in [0.2, 0.25) is 5.82 Å². The highest BCUT2D eigenvalue weighted by Gasteiger charge is 2.54. The van der Waals surface area contributed by atoms with Crippen LogP contribution in [0, 0.1) is 0 Å². The van der Waals surface area contributed by atoms with Crippen molar-refractivity contribution in [1.82, 2.24) is 14.8 Å².